The normalized spacial score (nSPS) is 16.9. The number of rotatable bonds is 25. The van der Waals surface area contributed by atoms with E-state index in [1.54, 1.807) is 0 Å². The summed E-state index contributed by atoms with van der Waals surface area (Å²) in [5, 5.41) is 16.2. The predicted octanol–water partition coefficient (Wildman–Crippen LogP) is 15.1. The number of aliphatic hydroxyl groups is 2. The maximum absolute atomic E-state index is 13.8. The van der Waals surface area contributed by atoms with Gasteiger partial charge in [-0.05, 0) is 18.6 Å². The Morgan fingerprint density at radius 1 is 0.276 bits per heavy atom. The van der Waals surface area contributed by atoms with E-state index in [9.17, 15) is 193 Å². The molecule has 0 radical (unpaired) electrons. The van der Waals surface area contributed by atoms with Crippen LogP contribution >= 0.6 is 12.6 Å². The van der Waals surface area contributed by atoms with Crippen molar-refractivity contribution in [2.45, 2.75) is 156 Å². The van der Waals surface area contributed by atoms with Gasteiger partial charge in [0.15, 0.2) is 6.17 Å². The maximum atomic E-state index is 13.8. The SMILES string of the molecule is OCCC(F)(F)C(F)(F)C(F)(F)C(F)(F)C(F)(F)C(F)(F)C(F)(F)C(F)(F)C(F)(F)C(F)(F)C(F)(F)C(F)(F)C(F)CCS.OCCCC(F)(F)C(F)(F)C(F)(F)C(F)(F)C(F)(F)C(F)(F)C(F)(C(F)(F)F)C(F)(F)F. The summed E-state index contributed by atoms with van der Waals surface area (Å²) >= 11 is 2.90. The van der Waals surface area contributed by atoms with Gasteiger partial charge < -0.3 is 10.2 Å². The summed E-state index contributed by atoms with van der Waals surface area (Å²) in [5.41, 5.74) is -8.73. The summed E-state index contributed by atoms with van der Waals surface area (Å²) in [4.78, 5) is 0. The Balaban J connectivity index is 0. The molecule has 0 aliphatic carbocycles. The lowest BCUT2D eigenvalue weighted by Crippen LogP contribution is -2.78. The molecule has 0 spiro atoms. The predicted molar refractivity (Wildman–Crippen MR) is 156 cm³/mol. The van der Waals surface area contributed by atoms with Crippen molar-refractivity contribution in [3.05, 3.63) is 0 Å². The fraction of sp³-hybridized carbons (Fsp3) is 1.00. The molecule has 0 aromatic carbocycles. The van der Waals surface area contributed by atoms with Crippen molar-refractivity contribution in [3.8, 4) is 0 Å². The highest BCUT2D eigenvalue weighted by Crippen LogP contribution is 2.70. The van der Waals surface area contributed by atoms with Gasteiger partial charge in [0.05, 0.1) is 0 Å². The molecule has 0 aliphatic heterocycles. The Morgan fingerprint density at radius 2 is 0.487 bits per heavy atom. The van der Waals surface area contributed by atoms with Crippen LogP contribution in [0.25, 0.3) is 0 Å². The third-order valence-corrected chi connectivity index (χ3v) is 9.79. The summed E-state index contributed by atoms with van der Waals surface area (Å²) in [6, 6.07) is 0. The summed E-state index contributed by atoms with van der Waals surface area (Å²) in [5.74, 6) is -157. The zero-order chi connectivity index (χ0) is 63.0. The Labute approximate surface area is 392 Å². The lowest BCUT2D eigenvalue weighted by atomic mass is 9.83. The second kappa shape index (κ2) is 20.6. The van der Waals surface area contributed by atoms with Crippen molar-refractivity contribution in [3.63, 3.8) is 0 Å². The first-order chi connectivity index (χ1) is 32.4. The molecule has 0 amide bonds. The largest absolute Gasteiger partial charge is 0.438 e. The first-order valence-corrected chi connectivity index (χ1v) is 18.1. The maximum Gasteiger partial charge on any atom is 0.438 e. The number of alkyl halides is 44. The van der Waals surface area contributed by atoms with E-state index < -0.39 is 175 Å². The van der Waals surface area contributed by atoms with Crippen LogP contribution in [0.2, 0.25) is 0 Å². The fourth-order valence-corrected chi connectivity index (χ4v) is 5.04. The van der Waals surface area contributed by atoms with Gasteiger partial charge in [0.1, 0.15) is 0 Å². The van der Waals surface area contributed by atoms with Crippen LogP contribution in [0.1, 0.15) is 25.7 Å². The van der Waals surface area contributed by atoms with Crippen molar-refractivity contribution in [1.29, 1.82) is 0 Å². The van der Waals surface area contributed by atoms with Gasteiger partial charge in [-0.3, -0.25) is 0 Å². The molecule has 0 saturated carbocycles. The molecule has 1 atom stereocenters. The average molecular weight is 1270 g/mol. The molecule has 460 valence electrons. The summed E-state index contributed by atoms with van der Waals surface area (Å²) in [7, 11) is 0. The van der Waals surface area contributed by atoms with E-state index >= 15 is 0 Å². The van der Waals surface area contributed by atoms with E-state index in [4.69, 9.17) is 10.2 Å². The first kappa shape index (κ1) is 75.3. The third-order valence-electron chi connectivity index (χ3n) is 9.53. The monoisotopic (exact) mass is 1270 g/mol. The lowest BCUT2D eigenvalue weighted by molar-refractivity contribution is -0.479. The van der Waals surface area contributed by atoms with Crippen LogP contribution in [0.3, 0.4) is 0 Å². The zero-order valence-electron chi connectivity index (χ0n) is 34.0. The minimum absolute atomic E-state index is 1.37. The Bertz CT molecular complexity index is 1910. The van der Waals surface area contributed by atoms with Crippen LogP contribution in [-0.4, -0.2) is 160 Å². The van der Waals surface area contributed by atoms with Crippen molar-refractivity contribution in [1.82, 2.24) is 0 Å². The Morgan fingerprint density at radius 3 is 0.697 bits per heavy atom. The summed E-state index contributed by atoms with van der Waals surface area (Å²) in [6.07, 6.45) is -31.0. The fourth-order valence-electron chi connectivity index (χ4n) is 4.82. The summed E-state index contributed by atoms with van der Waals surface area (Å²) < 4.78 is 586. The van der Waals surface area contributed by atoms with Crippen molar-refractivity contribution < 1.29 is 203 Å². The second-order valence-electron chi connectivity index (χ2n) is 14.6. The average Bonchev–Trinajstić information content (AvgIpc) is 3.20. The molecular weight excluding hydrogens is 1250 g/mol. The van der Waals surface area contributed by atoms with Crippen molar-refractivity contribution in [2.75, 3.05) is 19.0 Å². The Kier molecular flexibility index (Phi) is 20.4. The first-order valence-electron chi connectivity index (χ1n) is 17.4. The molecule has 0 aromatic heterocycles. The summed E-state index contributed by atoms with van der Waals surface area (Å²) in [6.45, 7) is -3.96. The van der Waals surface area contributed by atoms with Gasteiger partial charge in [-0.1, -0.05) is 0 Å². The minimum Gasteiger partial charge on any atom is -0.396 e. The molecule has 0 aliphatic rings. The smallest absolute Gasteiger partial charge is 0.396 e. The number of aliphatic hydroxyl groups excluding tert-OH is 2. The second-order valence-corrected chi connectivity index (χ2v) is 15.0. The molecule has 1 unspecified atom stereocenters. The molecule has 0 heterocycles. The van der Waals surface area contributed by atoms with Crippen LogP contribution in [-0.2, 0) is 0 Å². The molecule has 0 fully saturated rings. The molecule has 0 bridgehead atoms. The van der Waals surface area contributed by atoms with Crippen molar-refractivity contribution in [2.24, 2.45) is 0 Å². The number of hydrogen-bond donors (Lipinski definition) is 3. The minimum atomic E-state index is -9.59. The topological polar surface area (TPSA) is 40.5 Å². The highest BCUT2D eigenvalue weighted by Gasteiger charge is 3.01. The molecule has 0 rings (SSSR count). The van der Waals surface area contributed by atoms with Crippen LogP contribution in [0.5, 0.6) is 0 Å². The van der Waals surface area contributed by atoms with E-state index in [-0.39, 0.29) is 0 Å². The molecule has 47 heteroatoms. The number of hydrogen-bond acceptors (Lipinski definition) is 3. The highest BCUT2D eigenvalue weighted by molar-refractivity contribution is 7.80. The van der Waals surface area contributed by atoms with Crippen LogP contribution in [0, 0.1) is 0 Å². The van der Waals surface area contributed by atoms with Gasteiger partial charge in [0, 0.05) is 26.1 Å². The van der Waals surface area contributed by atoms with Gasteiger partial charge in [0.25, 0.3) is 0 Å². The highest BCUT2D eigenvalue weighted by atomic mass is 32.1. The zero-order valence-corrected chi connectivity index (χ0v) is 34.9. The molecular formula is C29H18F44O2S. The molecule has 0 saturated heterocycles. The number of halogens is 44. The number of thiol groups is 1. The van der Waals surface area contributed by atoms with Gasteiger partial charge in [-0.2, -0.15) is 197 Å². The van der Waals surface area contributed by atoms with Gasteiger partial charge in [-0.15, -0.1) is 0 Å². The van der Waals surface area contributed by atoms with E-state index in [1.807, 2.05) is 0 Å². The van der Waals surface area contributed by atoms with E-state index in [0.717, 1.165) is 0 Å². The van der Waals surface area contributed by atoms with Gasteiger partial charge >= 0.3 is 125 Å². The van der Waals surface area contributed by atoms with E-state index in [0.29, 0.717) is 0 Å². The van der Waals surface area contributed by atoms with Crippen molar-refractivity contribution >= 4 is 12.6 Å². The van der Waals surface area contributed by atoms with Gasteiger partial charge in [0.2, 0.25) is 0 Å². The molecule has 0 aromatic rings. The van der Waals surface area contributed by atoms with E-state index in [1.165, 1.54) is 0 Å². The lowest BCUT2D eigenvalue weighted by Gasteiger charge is -2.46. The van der Waals surface area contributed by atoms with Crippen LogP contribution < -0.4 is 0 Å². The standard InChI is InChI=1S/C17H11F25OS.C12H7F19O/c18-5(1-4-44)7(21,22)9(25,26)11(29,30)13(33,34)15(37,38)17(41,42)16(39,40)14(35,36)12(31,32)10(27,28)8(23,24)6(19,20)2-3-43;13-4(14,2-1-3-32)6(16,17)8(20,21)10(24,25)9(22,23)7(18,19)5(15,11(26,27)28)12(29,30)31/h5,43-44H,1-4H2;32H,1-3H2. The van der Waals surface area contributed by atoms with E-state index in [2.05, 4.69) is 12.6 Å². The van der Waals surface area contributed by atoms with Gasteiger partial charge in [-0.25, -0.2) is 8.78 Å². The van der Waals surface area contributed by atoms with Crippen LogP contribution in [0.15, 0.2) is 0 Å². The molecule has 2 N–H and O–H groups in total. The molecule has 76 heavy (non-hydrogen) atoms. The third kappa shape index (κ3) is 10.1. The molecule has 2 nitrogen and oxygen atoms in total. The Hall–Kier alpha value is -2.81. The quantitative estimate of drug-likeness (QED) is 0.0630. The van der Waals surface area contributed by atoms with Crippen LogP contribution in [0.4, 0.5) is 193 Å².